The Bertz CT molecular complexity index is 938. The molecule has 3 aromatic heterocycles. The highest BCUT2D eigenvalue weighted by molar-refractivity contribution is 7.11. The van der Waals surface area contributed by atoms with Gasteiger partial charge in [0.25, 0.3) is 5.91 Å². The van der Waals surface area contributed by atoms with Gasteiger partial charge in [-0.15, -0.1) is 11.3 Å². The van der Waals surface area contributed by atoms with Crippen molar-refractivity contribution in [3.8, 4) is 11.3 Å². The van der Waals surface area contributed by atoms with E-state index >= 15 is 0 Å². The summed E-state index contributed by atoms with van der Waals surface area (Å²) in [5, 5.41) is 4.07. The number of carbonyl (C=O) groups excluding carboxylic acids is 1. The second kappa shape index (κ2) is 7.58. The molecule has 140 valence electrons. The third-order valence-corrected chi connectivity index (χ3v) is 5.37. The minimum absolute atomic E-state index is 0.00916. The van der Waals surface area contributed by atoms with Crippen LogP contribution in [-0.2, 0) is 11.2 Å². The fourth-order valence-electron chi connectivity index (χ4n) is 3.25. The maximum absolute atomic E-state index is 12.6. The molecule has 1 amide bonds. The summed E-state index contributed by atoms with van der Waals surface area (Å²) in [6.07, 6.45) is 2.09. The van der Waals surface area contributed by atoms with Gasteiger partial charge >= 0.3 is 0 Å². The van der Waals surface area contributed by atoms with Gasteiger partial charge in [-0.25, -0.2) is 4.98 Å². The van der Waals surface area contributed by atoms with Crippen molar-refractivity contribution >= 4 is 17.2 Å². The van der Waals surface area contributed by atoms with Crippen molar-refractivity contribution in [3.05, 3.63) is 51.9 Å². The second-order valence-electron chi connectivity index (χ2n) is 6.34. The molecule has 8 heteroatoms. The van der Waals surface area contributed by atoms with E-state index in [1.807, 2.05) is 32.0 Å². The van der Waals surface area contributed by atoms with E-state index in [2.05, 4.69) is 10.1 Å². The Hall–Kier alpha value is -2.58. The normalized spacial score (nSPS) is 17.3. The number of aromatic nitrogens is 3. The van der Waals surface area contributed by atoms with Gasteiger partial charge in [0.05, 0.1) is 47.5 Å². The molecule has 4 rings (SSSR count). The summed E-state index contributed by atoms with van der Waals surface area (Å²) in [6, 6.07) is 5.84. The first-order valence-electron chi connectivity index (χ1n) is 8.89. The van der Waals surface area contributed by atoms with Gasteiger partial charge in [0, 0.05) is 13.0 Å². The molecule has 1 aliphatic heterocycles. The van der Waals surface area contributed by atoms with Gasteiger partial charge in [0.15, 0.2) is 0 Å². The van der Waals surface area contributed by atoms with Crippen molar-refractivity contribution in [2.45, 2.75) is 26.4 Å². The third kappa shape index (κ3) is 3.50. The molecule has 4 heterocycles. The molecule has 0 radical (unpaired) electrons. The molecule has 0 bridgehead atoms. The zero-order valence-electron chi connectivity index (χ0n) is 15.2. The molecule has 0 unspecified atom stereocenters. The summed E-state index contributed by atoms with van der Waals surface area (Å²) in [4.78, 5) is 23.9. The maximum Gasteiger partial charge on any atom is 0.265 e. The van der Waals surface area contributed by atoms with E-state index < -0.39 is 0 Å². The van der Waals surface area contributed by atoms with Gasteiger partial charge in [0.1, 0.15) is 16.7 Å². The lowest BCUT2D eigenvalue weighted by Gasteiger charge is -2.32. The van der Waals surface area contributed by atoms with Crippen molar-refractivity contribution in [1.82, 2.24) is 20.0 Å². The van der Waals surface area contributed by atoms with Crippen LogP contribution in [0.3, 0.4) is 0 Å². The largest absolute Gasteiger partial charge is 0.368 e. The number of nitrogens with zero attached hydrogens (tertiary/aromatic N) is 4. The van der Waals surface area contributed by atoms with Crippen molar-refractivity contribution < 1.29 is 14.1 Å². The fraction of sp³-hybridized carbons (Fsp3) is 0.368. The molecule has 0 spiro atoms. The molecule has 0 aromatic carbocycles. The van der Waals surface area contributed by atoms with Crippen LogP contribution >= 0.6 is 11.3 Å². The van der Waals surface area contributed by atoms with E-state index in [4.69, 9.17) is 14.2 Å². The number of rotatable bonds is 4. The SMILES string of the molecule is CCc1onc(C)c1-c1cccc([C@@H]2CN(C(=O)c3cncs3)CCO2)n1. The van der Waals surface area contributed by atoms with Crippen molar-refractivity contribution in [2.24, 2.45) is 0 Å². The van der Waals surface area contributed by atoms with Crippen LogP contribution < -0.4 is 0 Å². The van der Waals surface area contributed by atoms with E-state index in [1.165, 1.54) is 11.3 Å². The van der Waals surface area contributed by atoms with E-state index in [0.29, 0.717) is 24.6 Å². The van der Waals surface area contributed by atoms with Gasteiger partial charge in [-0.2, -0.15) is 0 Å². The number of pyridine rings is 1. The number of hydrogen-bond donors (Lipinski definition) is 0. The first-order valence-corrected chi connectivity index (χ1v) is 9.77. The lowest BCUT2D eigenvalue weighted by molar-refractivity contribution is -0.0245. The summed E-state index contributed by atoms with van der Waals surface area (Å²) in [6.45, 7) is 5.46. The average molecular weight is 384 g/mol. The number of amides is 1. The van der Waals surface area contributed by atoms with E-state index in [0.717, 1.165) is 34.8 Å². The average Bonchev–Trinajstić information content (AvgIpc) is 3.37. The molecule has 1 saturated heterocycles. The zero-order chi connectivity index (χ0) is 18.8. The van der Waals surface area contributed by atoms with E-state index in [-0.39, 0.29) is 12.0 Å². The predicted molar refractivity (Wildman–Crippen MR) is 101 cm³/mol. The highest BCUT2D eigenvalue weighted by Crippen LogP contribution is 2.29. The number of carbonyl (C=O) groups is 1. The monoisotopic (exact) mass is 384 g/mol. The summed E-state index contributed by atoms with van der Waals surface area (Å²) in [7, 11) is 0. The molecule has 1 aliphatic rings. The molecule has 3 aromatic rings. The van der Waals surface area contributed by atoms with Crippen molar-refractivity contribution in [1.29, 1.82) is 0 Å². The van der Waals surface area contributed by atoms with Crippen LogP contribution in [0.4, 0.5) is 0 Å². The van der Waals surface area contributed by atoms with E-state index in [1.54, 1.807) is 16.6 Å². The van der Waals surface area contributed by atoms with Gasteiger partial charge in [-0.05, 0) is 19.1 Å². The minimum atomic E-state index is -0.263. The molecule has 0 saturated carbocycles. The summed E-state index contributed by atoms with van der Waals surface area (Å²) < 4.78 is 11.3. The molecule has 0 N–H and O–H groups in total. The highest BCUT2D eigenvalue weighted by Gasteiger charge is 2.28. The summed E-state index contributed by atoms with van der Waals surface area (Å²) in [5.41, 5.74) is 5.05. The highest BCUT2D eigenvalue weighted by atomic mass is 32.1. The molecular formula is C19H20N4O3S. The van der Waals surface area contributed by atoms with Gasteiger partial charge in [-0.1, -0.05) is 18.1 Å². The Kier molecular flexibility index (Phi) is 5.00. The number of aryl methyl sites for hydroxylation is 2. The Morgan fingerprint density at radius 3 is 3.07 bits per heavy atom. The Balaban J connectivity index is 1.58. The number of ether oxygens (including phenoxy) is 1. The van der Waals surface area contributed by atoms with Crippen LogP contribution in [0.2, 0.25) is 0 Å². The smallest absolute Gasteiger partial charge is 0.265 e. The van der Waals surface area contributed by atoms with Crippen LogP contribution in [0.25, 0.3) is 11.3 Å². The number of hydrogen-bond acceptors (Lipinski definition) is 7. The fourth-order valence-corrected chi connectivity index (χ4v) is 3.83. The molecule has 0 aliphatic carbocycles. The Morgan fingerprint density at radius 2 is 2.30 bits per heavy atom. The molecule has 7 nitrogen and oxygen atoms in total. The Morgan fingerprint density at radius 1 is 1.41 bits per heavy atom. The minimum Gasteiger partial charge on any atom is -0.368 e. The molecule has 1 fully saturated rings. The zero-order valence-corrected chi connectivity index (χ0v) is 16.0. The van der Waals surface area contributed by atoms with Crippen LogP contribution in [0.15, 0.2) is 34.4 Å². The Labute approximate surface area is 161 Å². The molecular weight excluding hydrogens is 364 g/mol. The standard InChI is InChI=1S/C19H20N4O3S/c1-3-15-18(12(2)22-26-15)14-6-4-5-13(21-14)16-10-23(7-8-25-16)19(24)17-9-20-11-27-17/h4-6,9,11,16H,3,7-8,10H2,1-2H3/t16-/m0/s1. The van der Waals surface area contributed by atoms with Crippen LogP contribution in [-0.4, -0.2) is 45.6 Å². The number of morpholine rings is 1. The van der Waals surface area contributed by atoms with Crippen molar-refractivity contribution in [3.63, 3.8) is 0 Å². The van der Waals surface area contributed by atoms with Crippen LogP contribution in [0.5, 0.6) is 0 Å². The molecule has 1 atom stereocenters. The lowest BCUT2D eigenvalue weighted by atomic mass is 10.1. The van der Waals surface area contributed by atoms with Gasteiger partial charge in [0.2, 0.25) is 0 Å². The summed E-state index contributed by atoms with van der Waals surface area (Å²) in [5.74, 6) is 0.814. The molecule has 27 heavy (non-hydrogen) atoms. The van der Waals surface area contributed by atoms with Gasteiger partial charge < -0.3 is 14.2 Å². The summed E-state index contributed by atoms with van der Waals surface area (Å²) >= 11 is 1.35. The quantitative estimate of drug-likeness (QED) is 0.687. The first kappa shape index (κ1) is 17.8. The number of thiazole rings is 1. The third-order valence-electron chi connectivity index (χ3n) is 4.61. The van der Waals surface area contributed by atoms with Crippen molar-refractivity contribution in [2.75, 3.05) is 19.7 Å². The van der Waals surface area contributed by atoms with Gasteiger partial charge in [-0.3, -0.25) is 9.78 Å². The maximum atomic E-state index is 12.6. The van der Waals surface area contributed by atoms with E-state index in [9.17, 15) is 4.79 Å². The second-order valence-corrected chi connectivity index (χ2v) is 7.23. The first-order chi connectivity index (χ1) is 13.2. The predicted octanol–water partition coefficient (Wildman–Crippen LogP) is 3.28. The van der Waals surface area contributed by atoms with Crippen LogP contribution in [0, 0.1) is 6.92 Å². The topological polar surface area (TPSA) is 81.4 Å². The van der Waals surface area contributed by atoms with Crippen LogP contribution in [0.1, 0.15) is 39.8 Å². The lowest BCUT2D eigenvalue weighted by Crippen LogP contribution is -2.42.